The van der Waals surface area contributed by atoms with Crippen LogP contribution in [0.15, 0.2) is 113 Å². The summed E-state index contributed by atoms with van der Waals surface area (Å²) in [6.45, 7) is 1.88. The van der Waals surface area contributed by atoms with Crippen LogP contribution in [0.4, 0.5) is 0 Å². The number of rotatable bonds is 8. The number of fused-ring (bicyclic) bond motifs is 1. The molecule has 1 fully saturated rings. The number of nitrogens with zero attached hydrogens (tertiary/aromatic N) is 1. The van der Waals surface area contributed by atoms with Crippen LogP contribution in [0.1, 0.15) is 22.7 Å². The Morgan fingerprint density at radius 3 is 2.02 bits per heavy atom. The predicted octanol–water partition coefficient (Wildman–Crippen LogP) is 5.15. The molecule has 0 aliphatic carbocycles. The van der Waals surface area contributed by atoms with Gasteiger partial charge in [-0.2, -0.15) is 4.31 Å². The summed E-state index contributed by atoms with van der Waals surface area (Å²) < 4.78 is 39.7. The maximum Gasteiger partial charge on any atom is 0.345 e. The van der Waals surface area contributed by atoms with Gasteiger partial charge in [0.2, 0.25) is 10.0 Å². The number of esters is 2. The molecular weight excluding hydrogens is 526 g/mol. The largest absolute Gasteiger partial charge is 0.465 e. The van der Waals surface area contributed by atoms with Gasteiger partial charge in [-0.05, 0) is 52.9 Å². The summed E-state index contributed by atoms with van der Waals surface area (Å²) >= 11 is 0. The third-order valence-electron chi connectivity index (χ3n) is 7.19. The molecular formula is C32H29NO6S. The molecule has 4 aromatic carbocycles. The quantitative estimate of drug-likeness (QED) is 0.0983. The van der Waals surface area contributed by atoms with Gasteiger partial charge in [-0.15, -0.1) is 0 Å². The molecule has 3 atom stereocenters. The van der Waals surface area contributed by atoms with Crippen LogP contribution in [0, 0.1) is 6.92 Å². The van der Waals surface area contributed by atoms with E-state index >= 15 is 0 Å². The average molecular weight is 556 g/mol. The lowest BCUT2D eigenvalue weighted by molar-refractivity contribution is -0.144. The van der Waals surface area contributed by atoms with Crippen molar-refractivity contribution in [1.29, 1.82) is 0 Å². The Morgan fingerprint density at radius 1 is 0.775 bits per heavy atom. The molecule has 1 unspecified atom stereocenters. The van der Waals surface area contributed by atoms with Crippen molar-refractivity contribution < 1.29 is 27.5 Å². The van der Waals surface area contributed by atoms with Crippen LogP contribution >= 0.6 is 0 Å². The van der Waals surface area contributed by atoms with Crippen LogP contribution < -0.4 is 0 Å². The number of carbonyl (C=O) groups excluding carboxylic acids is 2. The first-order valence-corrected chi connectivity index (χ1v) is 14.2. The minimum atomic E-state index is -4.04. The highest BCUT2D eigenvalue weighted by atomic mass is 32.2. The maximum atomic E-state index is 14.2. The summed E-state index contributed by atoms with van der Waals surface area (Å²) in [6.07, 6.45) is 0.145. The van der Waals surface area contributed by atoms with Gasteiger partial charge in [0.1, 0.15) is 5.57 Å². The van der Waals surface area contributed by atoms with Gasteiger partial charge in [0.25, 0.3) is 0 Å². The van der Waals surface area contributed by atoms with E-state index in [0.717, 1.165) is 27.5 Å². The second kappa shape index (κ2) is 11.1. The van der Waals surface area contributed by atoms with Crippen molar-refractivity contribution in [2.75, 3.05) is 14.2 Å². The van der Waals surface area contributed by atoms with Gasteiger partial charge in [0.05, 0.1) is 31.2 Å². The Kier molecular flexibility index (Phi) is 7.56. The molecule has 204 valence electrons. The Labute approximate surface area is 233 Å². The molecule has 0 aromatic heterocycles. The monoisotopic (exact) mass is 555 g/mol. The molecule has 1 saturated heterocycles. The first-order chi connectivity index (χ1) is 19.3. The van der Waals surface area contributed by atoms with Crippen molar-refractivity contribution in [3.8, 4) is 0 Å². The lowest BCUT2D eigenvalue weighted by Crippen LogP contribution is -2.23. The number of methoxy groups -OCH3 is 2. The van der Waals surface area contributed by atoms with Crippen molar-refractivity contribution in [3.05, 3.63) is 125 Å². The van der Waals surface area contributed by atoms with Gasteiger partial charge < -0.3 is 9.47 Å². The van der Waals surface area contributed by atoms with E-state index in [4.69, 9.17) is 9.47 Å². The molecule has 0 N–H and O–H groups in total. The number of ether oxygens (including phenoxy) is 2. The Hall–Kier alpha value is -4.27. The van der Waals surface area contributed by atoms with Crippen LogP contribution in [-0.2, 0) is 35.5 Å². The molecule has 1 heterocycles. The number of hydrogen-bond donors (Lipinski definition) is 0. The van der Waals surface area contributed by atoms with Gasteiger partial charge in [0, 0.05) is 0 Å². The van der Waals surface area contributed by atoms with Crippen LogP contribution in [0.25, 0.3) is 10.8 Å². The van der Waals surface area contributed by atoms with Gasteiger partial charge in [-0.3, -0.25) is 0 Å². The highest BCUT2D eigenvalue weighted by molar-refractivity contribution is 7.89. The van der Waals surface area contributed by atoms with Crippen molar-refractivity contribution in [2.24, 2.45) is 0 Å². The van der Waals surface area contributed by atoms with E-state index in [2.05, 4.69) is 0 Å². The van der Waals surface area contributed by atoms with Gasteiger partial charge in [-0.25, -0.2) is 18.0 Å². The van der Waals surface area contributed by atoms with E-state index < -0.39 is 34.0 Å². The van der Waals surface area contributed by atoms with Crippen LogP contribution in [0.3, 0.4) is 0 Å². The molecule has 1 aliphatic heterocycles. The summed E-state index contributed by atoms with van der Waals surface area (Å²) in [6, 6.07) is 27.9. The molecule has 0 spiro atoms. The van der Waals surface area contributed by atoms with E-state index in [0.29, 0.717) is 5.57 Å². The fraction of sp³-hybridized carbons (Fsp3) is 0.188. The zero-order valence-corrected chi connectivity index (χ0v) is 23.2. The lowest BCUT2D eigenvalue weighted by atomic mass is 9.92. The minimum absolute atomic E-state index is 0.127. The van der Waals surface area contributed by atoms with Crippen molar-refractivity contribution in [3.63, 3.8) is 0 Å². The van der Waals surface area contributed by atoms with E-state index in [1.807, 2.05) is 79.7 Å². The summed E-state index contributed by atoms with van der Waals surface area (Å²) in [7, 11) is -1.67. The standard InChI is InChI=1S/C32H29NO6S/c1-21-16-18-24(19-17-21)40(36,37)33-29(26-15-9-13-23-12-7-8-14-25(23)26)30(33)27(20-22-10-5-4-6-11-22)28(31(34)38-2)32(35)39-3/h4-19,29-30H,20H2,1-3H3/t29-,30+,33?/m0/s1. The van der Waals surface area contributed by atoms with Crippen molar-refractivity contribution in [2.45, 2.75) is 30.3 Å². The summed E-state index contributed by atoms with van der Waals surface area (Å²) in [5, 5.41) is 1.84. The Morgan fingerprint density at radius 2 is 1.38 bits per heavy atom. The first-order valence-electron chi connectivity index (χ1n) is 12.8. The molecule has 0 amide bonds. The molecule has 8 heteroatoms. The third kappa shape index (κ3) is 5.03. The summed E-state index contributed by atoms with van der Waals surface area (Å²) in [5.41, 5.74) is 2.52. The van der Waals surface area contributed by atoms with Gasteiger partial charge in [0.15, 0.2) is 0 Å². The van der Waals surface area contributed by atoms with E-state index in [1.165, 1.54) is 18.5 Å². The molecule has 0 saturated carbocycles. The highest BCUT2D eigenvalue weighted by Crippen LogP contribution is 2.53. The number of hydrogen-bond acceptors (Lipinski definition) is 6. The van der Waals surface area contributed by atoms with Gasteiger partial charge in [-0.1, -0.05) is 90.5 Å². The average Bonchev–Trinajstić information content (AvgIpc) is 3.73. The number of carbonyl (C=O) groups is 2. The molecule has 0 bridgehead atoms. The third-order valence-corrected chi connectivity index (χ3v) is 9.07. The molecule has 1 aliphatic rings. The van der Waals surface area contributed by atoms with Crippen LogP contribution in [-0.4, -0.2) is 44.9 Å². The van der Waals surface area contributed by atoms with Crippen LogP contribution in [0.5, 0.6) is 0 Å². The summed E-state index contributed by atoms with van der Waals surface area (Å²) in [5.74, 6) is -1.76. The normalized spacial score (nSPS) is 18.1. The van der Waals surface area contributed by atoms with E-state index in [1.54, 1.807) is 24.3 Å². The number of benzene rings is 4. The lowest BCUT2D eigenvalue weighted by Gasteiger charge is -2.14. The fourth-order valence-electron chi connectivity index (χ4n) is 5.21. The molecule has 5 rings (SSSR count). The van der Waals surface area contributed by atoms with E-state index in [9.17, 15) is 18.0 Å². The number of aryl methyl sites for hydroxylation is 1. The second-order valence-corrected chi connectivity index (χ2v) is 11.5. The second-order valence-electron chi connectivity index (χ2n) is 9.65. The Bertz CT molecular complexity index is 1690. The Balaban J connectivity index is 1.76. The number of sulfonamides is 1. The van der Waals surface area contributed by atoms with Gasteiger partial charge >= 0.3 is 11.9 Å². The topological polar surface area (TPSA) is 89.8 Å². The minimum Gasteiger partial charge on any atom is -0.465 e. The summed E-state index contributed by atoms with van der Waals surface area (Å²) in [4.78, 5) is 26.2. The molecule has 7 nitrogen and oxygen atoms in total. The zero-order chi connectivity index (χ0) is 28.4. The molecule has 4 aromatic rings. The van der Waals surface area contributed by atoms with Crippen molar-refractivity contribution in [1.82, 2.24) is 4.31 Å². The molecule has 40 heavy (non-hydrogen) atoms. The molecule has 0 radical (unpaired) electrons. The first kappa shape index (κ1) is 27.3. The highest BCUT2D eigenvalue weighted by Gasteiger charge is 2.59. The zero-order valence-electron chi connectivity index (χ0n) is 22.4. The smallest absolute Gasteiger partial charge is 0.345 e. The SMILES string of the molecule is COC(=O)C(C(=O)OC)=C(Cc1ccccc1)[C@@H]1[C@H](c2cccc3ccccc23)N1S(=O)(=O)c1ccc(C)cc1. The maximum absolute atomic E-state index is 14.2. The van der Waals surface area contributed by atoms with Crippen LogP contribution in [0.2, 0.25) is 0 Å². The predicted molar refractivity (Wildman–Crippen MR) is 152 cm³/mol. The van der Waals surface area contributed by atoms with Crippen molar-refractivity contribution >= 4 is 32.7 Å². The fourth-order valence-corrected chi connectivity index (χ4v) is 6.95. The van der Waals surface area contributed by atoms with E-state index in [-0.39, 0.29) is 16.9 Å².